The Hall–Kier alpha value is -2.57. The Morgan fingerprint density at radius 2 is 2.24 bits per heavy atom. The van der Waals surface area contributed by atoms with Crippen LogP contribution in [0.4, 0.5) is 10.8 Å². The Morgan fingerprint density at radius 3 is 3.00 bits per heavy atom. The highest BCUT2D eigenvalue weighted by Crippen LogP contribution is 2.35. The van der Waals surface area contributed by atoms with E-state index in [0.29, 0.717) is 25.4 Å². The summed E-state index contributed by atoms with van der Waals surface area (Å²) < 4.78 is 2.26. The Labute approximate surface area is 152 Å². The van der Waals surface area contributed by atoms with E-state index in [1.54, 1.807) is 4.52 Å². The summed E-state index contributed by atoms with van der Waals surface area (Å²) in [5.74, 6) is -1.03. The van der Waals surface area contributed by atoms with Crippen LogP contribution in [-0.4, -0.2) is 41.6 Å². The number of hydrogen-bond donors (Lipinski definition) is 3. The van der Waals surface area contributed by atoms with Crippen LogP contribution in [0.2, 0.25) is 0 Å². The lowest BCUT2D eigenvalue weighted by Gasteiger charge is -1.96. The third-order valence-electron chi connectivity index (χ3n) is 3.20. The molecule has 0 unspecified atom stereocenters. The van der Waals surface area contributed by atoms with Crippen molar-refractivity contribution >= 4 is 68.8 Å². The Kier molecular flexibility index (Phi) is 4.07. The predicted octanol–water partition coefficient (Wildman–Crippen LogP) is 3.92. The molecule has 0 radical (unpaired) electrons. The van der Waals surface area contributed by atoms with E-state index in [2.05, 4.69) is 30.5 Å². The van der Waals surface area contributed by atoms with Crippen molar-refractivity contribution in [3.05, 3.63) is 28.2 Å². The largest absolute Gasteiger partial charge is 0.481 e. The van der Waals surface area contributed by atoms with E-state index < -0.39 is 5.97 Å². The van der Waals surface area contributed by atoms with Crippen molar-refractivity contribution in [2.75, 3.05) is 5.75 Å². The summed E-state index contributed by atoms with van der Waals surface area (Å²) in [4.78, 5) is 15.4. The monoisotopic (exact) mass is 391 g/mol. The lowest BCUT2D eigenvalue weighted by Crippen LogP contribution is -1.97. The van der Waals surface area contributed by atoms with Gasteiger partial charge in [0.05, 0.1) is 16.8 Å². The molecule has 0 aliphatic heterocycles. The molecule has 0 aliphatic rings. The molecule has 12 heteroatoms. The van der Waals surface area contributed by atoms with Gasteiger partial charge in [-0.2, -0.15) is 0 Å². The van der Waals surface area contributed by atoms with Gasteiger partial charge in [0.15, 0.2) is 15.3 Å². The minimum Gasteiger partial charge on any atom is -0.481 e. The average molecular weight is 391 g/mol. The molecule has 0 aliphatic carbocycles. The summed E-state index contributed by atoms with van der Waals surface area (Å²) in [5, 5.41) is 27.9. The topological polar surface area (TPSA) is 124 Å². The zero-order valence-corrected chi connectivity index (χ0v) is 14.8. The van der Waals surface area contributed by atoms with Crippen LogP contribution in [0.1, 0.15) is 0 Å². The molecule has 25 heavy (non-hydrogen) atoms. The van der Waals surface area contributed by atoms with Gasteiger partial charge in [-0.15, -0.1) is 15.3 Å². The van der Waals surface area contributed by atoms with Gasteiger partial charge in [0.2, 0.25) is 5.13 Å². The van der Waals surface area contributed by atoms with E-state index >= 15 is 0 Å². The van der Waals surface area contributed by atoms with Gasteiger partial charge < -0.3 is 5.11 Å². The van der Waals surface area contributed by atoms with Crippen LogP contribution < -0.4 is 0 Å². The molecule has 0 fully saturated rings. The average Bonchev–Trinajstić information content (AvgIpc) is 3.24. The zero-order valence-electron chi connectivity index (χ0n) is 12.3. The molecule has 3 N–H and O–H groups in total. The fraction of sp³-hybridized carbons (Fsp3) is 0.0769. The van der Waals surface area contributed by atoms with Crippen molar-refractivity contribution in [3.63, 3.8) is 0 Å². The highest BCUT2D eigenvalue weighted by Gasteiger charge is 2.17. The minimum absolute atomic E-state index is 0.106. The summed E-state index contributed by atoms with van der Waals surface area (Å²) in [6, 6.07) is 7.60. The molecule has 0 saturated heterocycles. The Balaban J connectivity index is 1.85. The Morgan fingerprint density at radius 1 is 1.40 bits per heavy atom. The first-order valence-electron chi connectivity index (χ1n) is 6.93. The minimum atomic E-state index is -0.921. The first-order chi connectivity index (χ1) is 12.1. The fourth-order valence-electron chi connectivity index (χ4n) is 2.24. The number of thioether (sulfide) groups is 1. The van der Waals surface area contributed by atoms with Crippen LogP contribution in [0.15, 0.2) is 39.5 Å². The number of aromatic nitrogens is 5. The molecule has 126 valence electrons. The second kappa shape index (κ2) is 6.38. The van der Waals surface area contributed by atoms with Crippen molar-refractivity contribution < 1.29 is 9.90 Å². The van der Waals surface area contributed by atoms with E-state index in [-0.39, 0.29) is 5.75 Å². The number of azo groups is 1. The molecule has 4 rings (SSSR count). The predicted molar refractivity (Wildman–Crippen MR) is 96.9 cm³/mol. The molecule has 9 nitrogen and oxygen atoms in total. The van der Waals surface area contributed by atoms with Crippen LogP contribution in [0.5, 0.6) is 0 Å². The summed E-state index contributed by atoms with van der Waals surface area (Å²) in [7, 11) is 0. The van der Waals surface area contributed by atoms with E-state index in [1.165, 1.54) is 11.3 Å². The smallest absolute Gasteiger partial charge is 0.313 e. The number of benzene rings is 1. The number of aromatic amines is 2. The highest BCUT2D eigenvalue weighted by atomic mass is 32.2. The molecule has 3 heterocycles. The van der Waals surface area contributed by atoms with Gasteiger partial charge >= 0.3 is 5.97 Å². The number of imidazole rings is 1. The number of nitrogens with zero attached hydrogens (tertiary/aromatic N) is 5. The first-order valence-corrected chi connectivity index (χ1v) is 9.14. The summed E-state index contributed by atoms with van der Waals surface area (Å²) in [5.41, 5.74) is 2.70. The Bertz CT molecular complexity index is 1170. The van der Waals surface area contributed by atoms with E-state index in [1.807, 2.05) is 24.3 Å². The summed E-state index contributed by atoms with van der Waals surface area (Å²) in [6.07, 6.45) is 0. The van der Waals surface area contributed by atoms with Gasteiger partial charge in [0.1, 0.15) is 5.03 Å². The molecule has 0 amide bonds. The maximum Gasteiger partial charge on any atom is 0.313 e. The molecule has 0 atom stereocenters. The normalized spacial score (nSPS) is 11.8. The molecule has 0 saturated carbocycles. The standard InChI is InChI=1S/C13H9N7O2S3/c21-8(22)5-24-11-9(15-16-12-17-18-13(23)25-12)10-14-6-3-1-2-4-7(6)20(10)19-11/h1-4,19H,5H2,(H,18,23)(H,21,22). The molecule has 0 spiro atoms. The lowest BCUT2D eigenvalue weighted by molar-refractivity contribution is -0.133. The number of nitrogens with one attached hydrogen (secondary N) is 2. The number of para-hydroxylation sites is 2. The summed E-state index contributed by atoms with van der Waals surface area (Å²) in [6.45, 7) is 0. The number of rotatable bonds is 5. The number of aliphatic carboxylic acids is 1. The molecule has 0 bridgehead atoms. The lowest BCUT2D eigenvalue weighted by atomic mass is 10.3. The van der Waals surface area contributed by atoms with Gasteiger partial charge in [0.25, 0.3) is 0 Å². The van der Waals surface area contributed by atoms with Gasteiger partial charge in [-0.3, -0.25) is 15.0 Å². The van der Waals surface area contributed by atoms with E-state index in [4.69, 9.17) is 17.3 Å². The van der Waals surface area contributed by atoms with Crippen LogP contribution >= 0.6 is 35.3 Å². The van der Waals surface area contributed by atoms with E-state index in [9.17, 15) is 4.79 Å². The van der Waals surface area contributed by atoms with Crippen LogP contribution in [-0.2, 0) is 4.79 Å². The van der Waals surface area contributed by atoms with Crippen LogP contribution in [0.25, 0.3) is 16.7 Å². The summed E-state index contributed by atoms with van der Waals surface area (Å²) >= 11 is 7.28. The van der Waals surface area contributed by atoms with Crippen molar-refractivity contribution in [1.82, 2.24) is 24.8 Å². The number of hydrogen-bond acceptors (Lipinski definition) is 8. The highest BCUT2D eigenvalue weighted by molar-refractivity contribution is 8.00. The molecule has 4 aromatic rings. The van der Waals surface area contributed by atoms with Crippen molar-refractivity contribution in [2.24, 2.45) is 10.2 Å². The molecular weight excluding hydrogens is 382 g/mol. The molecular formula is C13H9N7O2S3. The quantitative estimate of drug-likeness (QED) is 0.269. The maximum atomic E-state index is 10.9. The second-order valence-electron chi connectivity index (χ2n) is 4.83. The van der Waals surface area contributed by atoms with Crippen LogP contribution in [0.3, 0.4) is 0 Å². The molecule has 1 aromatic carbocycles. The maximum absolute atomic E-state index is 10.9. The van der Waals surface area contributed by atoms with Gasteiger partial charge in [-0.25, -0.2) is 9.50 Å². The zero-order chi connectivity index (χ0) is 17.4. The number of carboxylic acid groups (broad SMARTS) is 1. The van der Waals surface area contributed by atoms with Crippen molar-refractivity contribution in [1.29, 1.82) is 0 Å². The third kappa shape index (κ3) is 3.06. The number of carbonyl (C=O) groups is 1. The number of carboxylic acids is 1. The first kappa shape index (κ1) is 15.9. The van der Waals surface area contributed by atoms with E-state index in [0.717, 1.165) is 22.8 Å². The molecule has 3 aromatic heterocycles. The van der Waals surface area contributed by atoms with Crippen LogP contribution in [0, 0.1) is 3.95 Å². The van der Waals surface area contributed by atoms with Gasteiger partial charge in [-0.1, -0.05) is 35.2 Å². The van der Waals surface area contributed by atoms with Gasteiger partial charge in [-0.05, 0) is 24.4 Å². The van der Waals surface area contributed by atoms with Crippen molar-refractivity contribution in [2.45, 2.75) is 5.03 Å². The number of H-pyrrole nitrogens is 2. The SMILES string of the molecule is O=C(O)CSc1[nH]n2c(nc3ccccc32)c1N=Nc1n[nH]c(=S)s1. The van der Waals surface area contributed by atoms with Crippen molar-refractivity contribution in [3.8, 4) is 0 Å². The fourth-order valence-corrected chi connectivity index (χ4v) is 3.63. The second-order valence-corrected chi connectivity index (χ2v) is 7.46. The van der Waals surface area contributed by atoms with Gasteiger partial charge in [0, 0.05) is 0 Å². The third-order valence-corrected chi connectivity index (χ3v) is 5.14. The number of fused-ring (bicyclic) bond motifs is 3.